The predicted molar refractivity (Wildman–Crippen MR) is 133 cm³/mol. The Morgan fingerprint density at radius 3 is 2.06 bits per heavy atom. The summed E-state index contributed by atoms with van der Waals surface area (Å²) in [5.74, 6) is -4.34. The first-order valence-corrected chi connectivity index (χ1v) is 12.1. The minimum absolute atomic E-state index is 0.204. The quantitative estimate of drug-likeness (QED) is 0.265. The van der Waals surface area contributed by atoms with Crippen molar-refractivity contribution in [3.63, 3.8) is 0 Å². The Kier molecular flexibility index (Phi) is 4.94. The summed E-state index contributed by atoms with van der Waals surface area (Å²) in [6.45, 7) is 0. The molecule has 0 saturated carbocycles. The van der Waals surface area contributed by atoms with Crippen molar-refractivity contribution in [1.29, 1.82) is 0 Å². The Morgan fingerprint density at radius 1 is 0.829 bits per heavy atom. The lowest BCUT2D eigenvalue weighted by molar-refractivity contribution is -0.127. The van der Waals surface area contributed by atoms with Crippen LogP contribution in [0.15, 0.2) is 72.8 Å². The lowest BCUT2D eigenvalue weighted by Gasteiger charge is -2.27. The molecule has 1 spiro atoms. The fraction of sp³-hybridized carbons (Fsp3) is 0.185. The van der Waals surface area contributed by atoms with Gasteiger partial charge < -0.3 is 9.47 Å². The maximum absolute atomic E-state index is 14.0. The maximum atomic E-state index is 14.0. The van der Waals surface area contributed by atoms with E-state index in [1.165, 1.54) is 7.11 Å². The number of carbonyl (C=O) groups excluding carboxylic acids is 4. The third-order valence-corrected chi connectivity index (χ3v) is 7.76. The summed E-state index contributed by atoms with van der Waals surface area (Å²) in [5.41, 5.74) is -0.792. The molecule has 3 aliphatic rings. The van der Waals surface area contributed by atoms with Crippen molar-refractivity contribution >= 4 is 51.7 Å². The number of benzene rings is 3. The molecular formula is C27H18INO6. The van der Waals surface area contributed by atoms with Gasteiger partial charge in [0, 0.05) is 14.7 Å². The summed E-state index contributed by atoms with van der Waals surface area (Å²) in [4.78, 5) is 56.4. The third kappa shape index (κ3) is 2.86. The van der Waals surface area contributed by atoms with Crippen LogP contribution in [0.3, 0.4) is 0 Å². The van der Waals surface area contributed by atoms with E-state index >= 15 is 0 Å². The van der Waals surface area contributed by atoms with Gasteiger partial charge in [0.1, 0.15) is 5.75 Å². The molecular weight excluding hydrogens is 561 g/mol. The van der Waals surface area contributed by atoms with Crippen molar-refractivity contribution in [1.82, 2.24) is 0 Å². The SMILES string of the molecule is COc1ccccc1N1C(=O)[C@H]2[C@@H](C1=O)C1(O[C@H]2c2ccc(I)cc2)C(=O)c2ccccc2C1=O. The molecule has 6 rings (SSSR count). The van der Waals surface area contributed by atoms with Gasteiger partial charge in [0.05, 0.1) is 30.7 Å². The lowest BCUT2D eigenvalue weighted by atomic mass is 9.77. The molecule has 3 atom stereocenters. The lowest BCUT2D eigenvalue weighted by Crippen LogP contribution is -2.51. The van der Waals surface area contributed by atoms with Gasteiger partial charge in [-0.15, -0.1) is 0 Å². The highest BCUT2D eigenvalue weighted by Gasteiger charge is 2.74. The minimum atomic E-state index is -2.09. The monoisotopic (exact) mass is 579 g/mol. The van der Waals surface area contributed by atoms with E-state index < -0.39 is 46.9 Å². The summed E-state index contributed by atoms with van der Waals surface area (Å²) < 4.78 is 12.7. The van der Waals surface area contributed by atoms with Gasteiger partial charge in [-0.05, 0) is 52.4 Å². The molecule has 35 heavy (non-hydrogen) atoms. The van der Waals surface area contributed by atoms with Gasteiger partial charge in [-0.25, -0.2) is 4.90 Å². The van der Waals surface area contributed by atoms with Crippen LogP contribution in [0.4, 0.5) is 5.69 Å². The molecule has 8 heteroatoms. The number of hydrogen-bond acceptors (Lipinski definition) is 6. The zero-order valence-electron chi connectivity index (χ0n) is 18.4. The molecule has 0 aromatic heterocycles. The van der Waals surface area contributed by atoms with Crippen LogP contribution in [0, 0.1) is 15.4 Å². The topological polar surface area (TPSA) is 90.0 Å². The van der Waals surface area contributed by atoms with Crippen molar-refractivity contribution < 1.29 is 28.7 Å². The number of para-hydroxylation sites is 2. The number of imide groups is 1. The number of Topliss-reactive ketones (excluding diaryl/α,β-unsaturated/α-hetero) is 2. The Balaban J connectivity index is 1.55. The van der Waals surface area contributed by atoms with E-state index in [1.54, 1.807) is 60.7 Å². The second-order valence-electron chi connectivity index (χ2n) is 8.72. The summed E-state index contributed by atoms with van der Waals surface area (Å²) in [5, 5.41) is 0. The van der Waals surface area contributed by atoms with Crippen molar-refractivity contribution in [3.8, 4) is 5.75 Å². The van der Waals surface area contributed by atoms with Gasteiger partial charge in [0.15, 0.2) is 0 Å². The molecule has 2 fully saturated rings. The summed E-state index contributed by atoms with van der Waals surface area (Å²) >= 11 is 2.16. The van der Waals surface area contributed by atoms with Crippen LogP contribution in [0.25, 0.3) is 0 Å². The number of methoxy groups -OCH3 is 1. The fourth-order valence-electron chi connectivity index (χ4n) is 5.52. The second kappa shape index (κ2) is 7.82. The van der Waals surface area contributed by atoms with Gasteiger partial charge >= 0.3 is 0 Å². The Morgan fingerprint density at radius 2 is 1.43 bits per heavy atom. The number of hydrogen-bond donors (Lipinski definition) is 0. The van der Waals surface area contributed by atoms with E-state index in [-0.39, 0.29) is 16.8 Å². The van der Waals surface area contributed by atoms with Gasteiger partial charge in [-0.2, -0.15) is 0 Å². The number of amides is 2. The highest BCUT2D eigenvalue weighted by Crippen LogP contribution is 2.58. The Hall–Kier alpha value is -3.37. The molecule has 0 radical (unpaired) electrons. The molecule has 2 saturated heterocycles. The Labute approximate surface area is 214 Å². The Bertz CT molecular complexity index is 1400. The van der Waals surface area contributed by atoms with Gasteiger partial charge in [-0.3, -0.25) is 19.2 Å². The molecule has 3 aromatic rings. The van der Waals surface area contributed by atoms with Gasteiger partial charge in [0.25, 0.3) is 0 Å². The highest BCUT2D eigenvalue weighted by molar-refractivity contribution is 14.1. The number of rotatable bonds is 3. The fourth-order valence-corrected chi connectivity index (χ4v) is 5.88. The van der Waals surface area contributed by atoms with E-state index in [0.717, 1.165) is 8.47 Å². The molecule has 7 nitrogen and oxygen atoms in total. The third-order valence-electron chi connectivity index (χ3n) is 7.04. The van der Waals surface area contributed by atoms with Crippen LogP contribution in [0.2, 0.25) is 0 Å². The first-order valence-electron chi connectivity index (χ1n) is 11.0. The summed E-state index contributed by atoms with van der Waals surface area (Å²) in [6.07, 6.45) is -0.949. The van der Waals surface area contributed by atoms with Crippen LogP contribution in [-0.4, -0.2) is 36.1 Å². The van der Waals surface area contributed by atoms with E-state index in [0.29, 0.717) is 11.3 Å². The van der Waals surface area contributed by atoms with Crippen LogP contribution in [-0.2, 0) is 14.3 Å². The van der Waals surface area contributed by atoms with Crippen molar-refractivity contribution in [2.24, 2.45) is 11.8 Å². The van der Waals surface area contributed by atoms with E-state index in [9.17, 15) is 19.2 Å². The smallest absolute Gasteiger partial charge is 0.241 e. The first kappa shape index (κ1) is 22.1. The summed E-state index contributed by atoms with van der Waals surface area (Å²) in [6, 6.07) is 20.4. The zero-order chi connectivity index (χ0) is 24.5. The molecule has 174 valence electrons. The molecule has 1 aliphatic carbocycles. The molecule has 0 bridgehead atoms. The van der Waals surface area contributed by atoms with Crippen LogP contribution in [0.1, 0.15) is 32.4 Å². The average Bonchev–Trinajstić information content (AvgIpc) is 3.44. The molecule has 2 heterocycles. The second-order valence-corrected chi connectivity index (χ2v) is 9.96. The van der Waals surface area contributed by atoms with E-state index in [1.807, 2.05) is 12.1 Å². The number of anilines is 1. The minimum Gasteiger partial charge on any atom is -0.495 e. The largest absolute Gasteiger partial charge is 0.495 e. The zero-order valence-corrected chi connectivity index (χ0v) is 20.6. The predicted octanol–water partition coefficient (Wildman–Crippen LogP) is 3.99. The number of halogens is 1. The molecule has 2 amide bonds. The van der Waals surface area contributed by atoms with Gasteiger partial charge in [0.2, 0.25) is 29.0 Å². The van der Waals surface area contributed by atoms with E-state index in [4.69, 9.17) is 9.47 Å². The number of fused-ring (bicyclic) bond motifs is 3. The van der Waals surface area contributed by atoms with Crippen molar-refractivity contribution in [2.45, 2.75) is 11.7 Å². The normalized spacial score (nSPS) is 24.3. The number of ether oxygens (including phenoxy) is 2. The molecule has 3 aromatic carbocycles. The molecule has 0 N–H and O–H groups in total. The highest BCUT2D eigenvalue weighted by atomic mass is 127. The van der Waals surface area contributed by atoms with Crippen LogP contribution < -0.4 is 9.64 Å². The average molecular weight is 579 g/mol. The standard InChI is InChI=1S/C27H18INO6/c1-34-19-9-5-4-8-18(19)29-25(32)20-21(26(29)33)27(35-22(20)14-10-12-15(28)13-11-14)23(30)16-6-2-3-7-17(16)24(27)31/h2-13,20-22H,1H3/t20-,21-,22-/m0/s1. The molecule has 0 unspecified atom stereocenters. The first-order chi connectivity index (χ1) is 16.9. The van der Waals surface area contributed by atoms with Crippen molar-refractivity contribution in [3.05, 3.63) is 93.1 Å². The van der Waals surface area contributed by atoms with Crippen LogP contribution >= 0.6 is 22.6 Å². The van der Waals surface area contributed by atoms with Crippen molar-refractivity contribution in [2.75, 3.05) is 12.0 Å². The van der Waals surface area contributed by atoms with Crippen LogP contribution in [0.5, 0.6) is 5.75 Å². The number of carbonyl (C=O) groups is 4. The maximum Gasteiger partial charge on any atom is 0.241 e. The van der Waals surface area contributed by atoms with Gasteiger partial charge in [-0.1, -0.05) is 48.5 Å². The number of ketones is 2. The van der Waals surface area contributed by atoms with E-state index in [2.05, 4.69) is 22.6 Å². The number of nitrogens with zero attached hydrogens (tertiary/aromatic N) is 1. The summed E-state index contributed by atoms with van der Waals surface area (Å²) in [7, 11) is 1.45. The molecule has 2 aliphatic heterocycles.